The maximum atomic E-state index is 9.18. The van der Waals surface area contributed by atoms with Crippen LogP contribution in [0.5, 0.6) is 0 Å². The summed E-state index contributed by atoms with van der Waals surface area (Å²) in [6.45, 7) is 0.415. The molecule has 13 heavy (non-hydrogen) atoms. The van der Waals surface area contributed by atoms with E-state index in [9.17, 15) is 5.11 Å². The molecule has 2 aliphatic carbocycles. The quantitative estimate of drug-likeness (QED) is 0.583. The number of fused-ring (bicyclic) bond motifs is 2. The van der Waals surface area contributed by atoms with Gasteiger partial charge in [0, 0.05) is 12.6 Å². The van der Waals surface area contributed by atoms with Crippen LogP contribution in [0.2, 0.25) is 0 Å². The summed E-state index contributed by atoms with van der Waals surface area (Å²) in [6, 6.07) is 0.611. The first-order valence-electron chi connectivity index (χ1n) is 5.32. The van der Waals surface area contributed by atoms with Crippen LogP contribution in [0.15, 0.2) is 0 Å². The van der Waals surface area contributed by atoms with Gasteiger partial charge in [-0.15, -0.1) is 0 Å². The fourth-order valence-corrected chi connectivity index (χ4v) is 2.85. The van der Waals surface area contributed by atoms with Gasteiger partial charge in [-0.05, 0) is 31.1 Å². The smallest absolute Gasteiger partial charge is 0.0895 e. The molecule has 3 heteroatoms. The summed E-state index contributed by atoms with van der Waals surface area (Å²) in [5.74, 6) is 1.78. The molecule has 0 amide bonds. The van der Waals surface area contributed by atoms with Crippen LogP contribution in [0.4, 0.5) is 0 Å². The summed E-state index contributed by atoms with van der Waals surface area (Å²) in [5, 5.41) is 21.2. The summed E-state index contributed by atoms with van der Waals surface area (Å²) >= 11 is 0. The maximum Gasteiger partial charge on any atom is 0.0895 e. The average Bonchev–Trinajstić information content (AvgIpc) is 2.74. The number of hydrogen-bond acceptors (Lipinski definition) is 3. The Morgan fingerprint density at radius 2 is 2.15 bits per heavy atom. The van der Waals surface area contributed by atoms with Crippen molar-refractivity contribution in [2.45, 2.75) is 37.8 Å². The van der Waals surface area contributed by atoms with Gasteiger partial charge in [-0.25, -0.2) is 0 Å². The lowest BCUT2D eigenvalue weighted by molar-refractivity contribution is 0.0896. The van der Waals surface area contributed by atoms with Crippen molar-refractivity contribution in [3.05, 3.63) is 0 Å². The Morgan fingerprint density at radius 1 is 1.31 bits per heavy atom. The van der Waals surface area contributed by atoms with Crippen LogP contribution in [0, 0.1) is 11.8 Å². The lowest BCUT2D eigenvalue weighted by Crippen LogP contribution is -2.39. The van der Waals surface area contributed by atoms with E-state index in [0.717, 1.165) is 11.8 Å². The van der Waals surface area contributed by atoms with Crippen molar-refractivity contribution >= 4 is 0 Å². The second kappa shape index (κ2) is 3.95. The van der Waals surface area contributed by atoms with E-state index < -0.39 is 6.10 Å². The highest BCUT2D eigenvalue weighted by Crippen LogP contribution is 2.44. The molecule has 4 atom stereocenters. The van der Waals surface area contributed by atoms with Crippen LogP contribution in [-0.4, -0.2) is 35.5 Å². The third kappa shape index (κ3) is 2.03. The number of rotatable bonds is 4. The first-order valence-corrected chi connectivity index (χ1v) is 5.32. The molecule has 3 unspecified atom stereocenters. The fourth-order valence-electron chi connectivity index (χ4n) is 2.85. The zero-order valence-corrected chi connectivity index (χ0v) is 7.95. The molecule has 2 saturated carbocycles. The summed E-state index contributed by atoms with van der Waals surface area (Å²) in [4.78, 5) is 0. The molecule has 2 rings (SSSR count). The first-order chi connectivity index (χ1) is 6.29. The van der Waals surface area contributed by atoms with Gasteiger partial charge in [-0.2, -0.15) is 0 Å². The Labute approximate surface area is 79.2 Å². The van der Waals surface area contributed by atoms with Crippen LogP contribution in [-0.2, 0) is 0 Å². The highest BCUT2D eigenvalue weighted by Gasteiger charge is 2.39. The van der Waals surface area contributed by atoms with Crippen molar-refractivity contribution in [3.63, 3.8) is 0 Å². The molecular formula is C10H19NO2. The lowest BCUT2D eigenvalue weighted by atomic mass is 9.95. The summed E-state index contributed by atoms with van der Waals surface area (Å²) in [6.07, 6.45) is 4.85. The van der Waals surface area contributed by atoms with Crippen LogP contribution >= 0.6 is 0 Å². The monoisotopic (exact) mass is 185 g/mol. The molecule has 3 nitrogen and oxygen atoms in total. The second-order valence-corrected chi connectivity index (χ2v) is 4.53. The van der Waals surface area contributed by atoms with E-state index in [4.69, 9.17) is 5.11 Å². The van der Waals surface area contributed by atoms with Gasteiger partial charge in [0.2, 0.25) is 0 Å². The maximum absolute atomic E-state index is 9.18. The Kier molecular flexibility index (Phi) is 2.86. The third-order valence-electron chi connectivity index (χ3n) is 3.56. The molecule has 76 valence electrons. The average molecular weight is 185 g/mol. The van der Waals surface area contributed by atoms with Crippen LogP contribution in [0.25, 0.3) is 0 Å². The Bertz CT molecular complexity index is 174. The van der Waals surface area contributed by atoms with E-state index in [0.29, 0.717) is 12.6 Å². The van der Waals surface area contributed by atoms with Crippen LogP contribution in [0.3, 0.4) is 0 Å². The van der Waals surface area contributed by atoms with E-state index in [1.54, 1.807) is 0 Å². The molecule has 0 aromatic carbocycles. The van der Waals surface area contributed by atoms with Gasteiger partial charge in [0.1, 0.15) is 0 Å². The van der Waals surface area contributed by atoms with Crippen molar-refractivity contribution in [2.24, 2.45) is 11.8 Å². The topological polar surface area (TPSA) is 52.5 Å². The predicted molar refractivity (Wildman–Crippen MR) is 50.3 cm³/mol. The third-order valence-corrected chi connectivity index (χ3v) is 3.56. The molecule has 0 spiro atoms. The van der Waals surface area contributed by atoms with Gasteiger partial charge in [-0.1, -0.05) is 6.42 Å². The van der Waals surface area contributed by atoms with E-state index >= 15 is 0 Å². The molecule has 0 aromatic heterocycles. The number of nitrogens with one attached hydrogen (secondary N) is 1. The van der Waals surface area contributed by atoms with Crippen molar-refractivity contribution in [2.75, 3.05) is 13.2 Å². The van der Waals surface area contributed by atoms with E-state index in [2.05, 4.69) is 5.32 Å². The van der Waals surface area contributed by atoms with Gasteiger partial charge in [0.25, 0.3) is 0 Å². The lowest BCUT2D eigenvalue weighted by Gasteiger charge is -2.23. The zero-order valence-electron chi connectivity index (χ0n) is 7.95. The molecular weight excluding hydrogens is 166 g/mol. The van der Waals surface area contributed by atoms with Crippen molar-refractivity contribution < 1.29 is 10.2 Å². The molecule has 2 bridgehead atoms. The minimum Gasteiger partial charge on any atom is -0.394 e. The normalized spacial score (nSPS) is 39.7. The number of hydrogen-bond donors (Lipinski definition) is 3. The standard InChI is InChI=1S/C10H19NO2/c12-6-9(13)5-11-10-4-7-1-2-8(10)3-7/h7-13H,1-6H2/t7?,8?,9-,10?/m0/s1. The van der Waals surface area contributed by atoms with Gasteiger partial charge < -0.3 is 15.5 Å². The van der Waals surface area contributed by atoms with Crippen LogP contribution < -0.4 is 5.32 Å². The zero-order chi connectivity index (χ0) is 9.26. The molecule has 0 saturated heterocycles. The highest BCUT2D eigenvalue weighted by molar-refractivity contribution is 4.94. The minimum absolute atomic E-state index is 0.131. The van der Waals surface area contributed by atoms with Crippen molar-refractivity contribution in [1.82, 2.24) is 5.32 Å². The molecule has 0 radical (unpaired) electrons. The molecule has 0 heterocycles. The Hall–Kier alpha value is -0.120. The molecule has 0 aromatic rings. The summed E-state index contributed by atoms with van der Waals surface area (Å²) < 4.78 is 0. The van der Waals surface area contributed by atoms with Gasteiger partial charge >= 0.3 is 0 Å². The Morgan fingerprint density at radius 3 is 2.69 bits per heavy atom. The minimum atomic E-state index is -0.584. The number of aliphatic hydroxyl groups excluding tert-OH is 2. The van der Waals surface area contributed by atoms with Crippen molar-refractivity contribution in [3.8, 4) is 0 Å². The van der Waals surface area contributed by atoms with Crippen molar-refractivity contribution in [1.29, 1.82) is 0 Å². The fraction of sp³-hybridized carbons (Fsp3) is 1.00. The molecule has 3 N–H and O–H groups in total. The summed E-state index contributed by atoms with van der Waals surface area (Å²) in [7, 11) is 0. The second-order valence-electron chi connectivity index (χ2n) is 4.53. The van der Waals surface area contributed by atoms with Gasteiger partial charge in [0.15, 0.2) is 0 Å². The Balaban J connectivity index is 1.71. The molecule has 0 aliphatic heterocycles. The van der Waals surface area contributed by atoms with Crippen LogP contribution in [0.1, 0.15) is 25.7 Å². The number of aliphatic hydroxyl groups is 2. The van der Waals surface area contributed by atoms with E-state index in [-0.39, 0.29) is 6.61 Å². The predicted octanol–water partition coefficient (Wildman–Crippen LogP) is 0.118. The summed E-state index contributed by atoms with van der Waals surface area (Å²) in [5.41, 5.74) is 0. The SMILES string of the molecule is OC[C@@H](O)CNC1CC2CCC1C2. The molecule has 2 aliphatic rings. The molecule has 2 fully saturated rings. The van der Waals surface area contributed by atoms with Gasteiger partial charge in [-0.3, -0.25) is 0 Å². The highest BCUT2D eigenvalue weighted by atomic mass is 16.3. The van der Waals surface area contributed by atoms with Gasteiger partial charge in [0.05, 0.1) is 12.7 Å². The largest absolute Gasteiger partial charge is 0.394 e. The van der Waals surface area contributed by atoms with E-state index in [1.807, 2.05) is 0 Å². The first kappa shape index (κ1) is 9.44. The van der Waals surface area contributed by atoms with E-state index in [1.165, 1.54) is 25.7 Å².